The second kappa shape index (κ2) is 10.6. The summed E-state index contributed by atoms with van der Waals surface area (Å²) in [6.45, 7) is 4.37. The van der Waals surface area contributed by atoms with Gasteiger partial charge in [0.25, 0.3) is 0 Å². The zero-order valence-corrected chi connectivity index (χ0v) is 19.9. The molecule has 0 aromatic heterocycles. The molecule has 2 unspecified atom stereocenters. The Bertz CT molecular complexity index is 1040. The van der Waals surface area contributed by atoms with Gasteiger partial charge in [0.1, 0.15) is 11.5 Å². The molecular weight excluding hydrogens is 432 g/mol. The third-order valence-corrected chi connectivity index (χ3v) is 6.91. The van der Waals surface area contributed by atoms with Crippen LogP contribution in [-0.2, 0) is 6.42 Å². The minimum Gasteiger partial charge on any atom is -0.506 e. The van der Waals surface area contributed by atoms with Crippen LogP contribution in [-0.4, -0.2) is 40.5 Å². The number of nitrogens with one attached hydrogen (secondary N) is 1. The number of hydrogen-bond donors (Lipinski definition) is 3. The Balaban J connectivity index is 1.43. The molecule has 5 heteroatoms. The Morgan fingerprint density at radius 1 is 1.06 bits per heavy atom. The summed E-state index contributed by atoms with van der Waals surface area (Å²) in [5, 5.41) is 26.0. The van der Waals surface area contributed by atoms with Crippen molar-refractivity contribution in [2.75, 3.05) is 25.0 Å². The summed E-state index contributed by atoms with van der Waals surface area (Å²) in [5.74, 6) is 0.569. The van der Waals surface area contributed by atoms with Crippen molar-refractivity contribution in [1.82, 2.24) is 4.90 Å². The number of benzene rings is 3. The Morgan fingerprint density at radius 3 is 2.58 bits per heavy atom. The van der Waals surface area contributed by atoms with E-state index in [0.29, 0.717) is 18.8 Å². The predicted molar refractivity (Wildman–Crippen MR) is 136 cm³/mol. The monoisotopic (exact) mass is 464 g/mol. The van der Waals surface area contributed by atoms with Crippen LogP contribution in [0.3, 0.4) is 0 Å². The molecule has 174 valence electrons. The van der Waals surface area contributed by atoms with Crippen LogP contribution in [0.25, 0.3) is 0 Å². The summed E-state index contributed by atoms with van der Waals surface area (Å²) in [5.41, 5.74) is 3.34. The molecule has 0 saturated carbocycles. The van der Waals surface area contributed by atoms with Gasteiger partial charge in [0.05, 0.1) is 5.69 Å². The summed E-state index contributed by atoms with van der Waals surface area (Å²) in [6, 6.07) is 23.9. The molecule has 4 rings (SSSR count). The molecule has 3 aromatic rings. The third-order valence-electron chi connectivity index (χ3n) is 6.65. The van der Waals surface area contributed by atoms with Gasteiger partial charge >= 0.3 is 0 Å². The van der Waals surface area contributed by atoms with Crippen LogP contribution in [0.15, 0.2) is 72.8 Å². The maximum Gasteiger partial charge on any atom is 0.138 e. The second-order valence-electron chi connectivity index (χ2n) is 9.17. The second-order valence-corrected chi connectivity index (χ2v) is 9.61. The molecule has 0 spiro atoms. The lowest BCUT2D eigenvalue weighted by Crippen LogP contribution is -2.55. The number of nitrogens with zero attached hydrogens (tertiary/aromatic N) is 1. The van der Waals surface area contributed by atoms with E-state index in [2.05, 4.69) is 34.5 Å². The molecule has 0 radical (unpaired) electrons. The SMILES string of the molecule is Cc1ccc(O)c(NCCCN2CCC(c3ccc(Cl)cc3)CC2(O)Cc2ccccc2)c1. The van der Waals surface area contributed by atoms with Gasteiger partial charge < -0.3 is 15.5 Å². The molecule has 1 aliphatic rings. The molecule has 1 saturated heterocycles. The van der Waals surface area contributed by atoms with Crippen LogP contribution in [0.4, 0.5) is 5.69 Å². The molecule has 2 atom stereocenters. The zero-order chi connectivity index (χ0) is 23.3. The molecule has 0 aliphatic carbocycles. The van der Waals surface area contributed by atoms with Crippen LogP contribution in [0.2, 0.25) is 5.02 Å². The van der Waals surface area contributed by atoms with Crippen LogP contribution < -0.4 is 5.32 Å². The van der Waals surface area contributed by atoms with E-state index in [-0.39, 0.29) is 5.75 Å². The van der Waals surface area contributed by atoms with Crippen LogP contribution in [0, 0.1) is 6.92 Å². The standard InChI is InChI=1S/C28H33ClN2O2/c1-21-8-13-27(32)26(18-21)30-15-5-16-31-17-14-24(23-9-11-25(29)12-10-23)20-28(31,33)19-22-6-3-2-4-7-22/h2-4,6-13,18,24,30,32-33H,5,14-17,19-20H2,1H3. The maximum atomic E-state index is 11.9. The van der Waals surface area contributed by atoms with Crippen molar-refractivity contribution in [3.63, 3.8) is 0 Å². The van der Waals surface area contributed by atoms with Gasteiger partial charge in [-0.15, -0.1) is 0 Å². The predicted octanol–water partition coefficient (Wildman–Crippen LogP) is 5.97. The number of rotatable bonds is 8. The first-order valence-corrected chi connectivity index (χ1v) is 12.1. The lowest BCUT2D eigenvalue weighted by molar-refractivity contribution is -0.136. The van der Waals surface area contributed by atoms with Crippen molar-refractivity contribution in [3.8, 4) is 5.75 Å². The first-order valence-electron chi connectivity index (χ1n) is 11.7. The van der Waals surface area contributed by atoms with Gasteiger partial charge in [-0.3, -0.25) is 4.90 Å². The molecule has 1 fully saturated rings. The lowest BCUT2D eigenvalue weighted by Gasteiger charge is -2.47. The first-order chi connectivity index (χ1) is 15.9. The Hall–Kier alpha value is -2.53. The molecule has 1 heterocycles. The Labute approximate surface area is 201 Å². The Morgan fingerprint density at radius 2 is 1.82 bits per heavy atom. The van der Waals surface area contributed by atoms with Crippen molar-refractivity contribution in [3.05, 3.63) is 94.5 Å². The number of aromatic hydroxyl groups is 1. The fourth-order valence-corrected chi connectivity index (χ4v) is 5.00. The van der Waals surface area contributed by atoms with Crippen LogP contribution in [0.1, 0.15) is 41.9 Å². The van der Waals surface area contributed by atoms with Gasteiger partial charge in [0.15, 0.2) is 0 Å². The molecule has 33 heavy (non-hydrogen) atoms. The molecule has 1 aliphatic heterocycles. The van der Waals surface area contributed by atoms with Gasteiger partial charge in [0, 0.05) is 31.1 Å². The van der Waals surface area contributed by atoms with Gasteiger partial charge in [-0.2, -0.15) is 0 Å². The van der Waals surface area contributed by atoms with Crippen LogP contribution in [0.5, 0.6) is 5.75 Å². The normalized spacial score (nSPS) is 21.1. The summed E-state index contributed by atoms with van der Waals surface area (Å²) in [4.78, 5) is 2.24. The van der Waals surface area contributed by atoms with E-state index in [9.17, 15) is 10.2 Å². The van der Waals surface area contributed by atoms with Gasteiger partial charge in [-0.05, 0) is 73.1 Å². The number of halogens is 1. The van der Waals surface area contributed by atoms with Crippen molar-refractivity contribution in [1.29, 1.82) is 0 Å². The first kappa shape index (κ1) is 23.6. The molecule has 0 amide bonds. The highest BCUT2D eigenvalue weighted by Gasteiger charge is 2.40. The van der Waals surface area contributed by atoms with E-state index in [0.717, 1.165) is 54.3 Å². The summed E-state index contributed by atoms with van der Waals surface area (Å²) in [7, 11) is 0. The minimum absolute atomic E-state index is 0.268. The smallest absolute Gasteiger partial charge is 0.138 e. The van der Waals surface area contributed by atoms with E-state index in [1.54, 1.807) is 6.07 Å². The van der Waals surface area contributed by atoms with Gasteiger partial charge in [-0.25, -0.2) is 0 Å². The third kappa shape index (κ3) is 6.08. The van der Waals surface area contributed by atoms with Crippen molar-refractivity contribution < 1.29 is 10.2 Å². The van der Waals surface area contributed by atoms with E-state index in [1.165, 1.54) is 5.56 Å². The number of piperidine rings is 1. The molecule has 3 N–H and O–H groups in total. The topological polar surface area (TPSA) is 55.7 Å². The number of phenolic OH excluding ortho intramolecular Hbond substituents is 1. The quantitative estimate of drug-likeness (QED) is 0.284. The fourth-order valence-electron chi connectivity index (χ4n) is 4.88. The summed E-state index contributed by atoms with van der Waals surface area (Å²) >= 11 is 6.09. The number of likely N-dealkylation sites (tertiary alicyclic amines) is 1. The molecule has 0 bridgehead atoms. The number of aryl methyl sites for hydroxylation is 1. The van der Waals surface area contributed by atoms with E-state index < -0.39 is 5.72 Å². The van der Waals surface area contributed by atoms with E-state index >= 15 is 0 Å². The Kier molecular flexibility index (Phi) is 7.59. The average Bonchev–Trinajstić information content (AvgIpc) is 2.81. The summed E-state index contributed by atoms with van der Waals surface area (Å²) in [6.07, 6.45) is 3.17. The maximum absolute atomic E-state index is 11.9. The summed E-state index contributed by atoms with van der Waals surface area (Å²) < 4.78 is 0. The van der Waals surface area contributed by atoms with Crippen LogP contribution >= 0.6 is 11.6 Å². The zero-order valence-electron chi connectivity index (χ0n) is 19.2. The van der Waals surface area contributed by atoms with E-state index in [1.807, 2.05) is 49.4 Å². The van der Waals surface area contributed by atoms with Crippen molar-refractivity contribution >= 4 is 17.3 Å². The highest BCUT2D eigenvalue weighted by atomic mass is 35.5. The van der Waals surface area contributed by atoms with E-state index in [4.69, 9.17) is 11.6 Å². The van der Waals surface area contributed by atoms with Gasteiger partial charge in [-0.1, -0.05) is 60.1 Å². The van der Waals surface area contributed by atoms with Crippen molar-refractivity contribution in [2.45, 2.75) is 44.2 Å². The molecule has 3 aromatic carbocycles. The number of anilines is 1. The average molecular weight is 465 g/mol. The molecule has 4 nitrogen and oxygen atoms in total. The largest absolute Gasteiger partial charge is 0.506 e. The number of aliphatic hydroxyl groups is 1. The van der Waals surface area contributed by atoms with Crippen molar-refractivity contribution in [2.24, 2.45) is 0 Å². The highest BCUT2D eigenvalue weighted by molar-refractivity contribution is 6.30. The fraction of sp³-hybridized carbons (Fsp3) is 0.357. The highest BCUT2D eigenvalue weighted by Crippen LogP contribution is 2.39. The number of hydrogen-bond acceptors (Lipinski definition) is 4. The minimum atomic E-state index is -0.907. The molecular formula is C28H33ClN2O2. The lowest BCUT2D eigenvalue weighted by atomic mass is 9.80. The van der Waals surface area contributed by atoms with Gasteiger partial charge in [0.2, 0.25) is 0 Å². The number of phenols is 1.